The molecule has 2 aliphatic heterocycles. The van der Waals surface area contributed by atoms with Crippen molar-refractivity contribution in [2.75, 3.05) is 26.2 Å². The van der Waals surface area contributed by atoms with Gasteiger partial charge in [-0.15, -0.1) is 12.4 Å². The number of amides is 2. The van der Waals surface area contributed by atoms with E-state index in [2.05, 4.69) is 17.6 Å². The highest BCUT2D eigenvalue weighted by atomic mass is 35.5. The number of hydrogen-bond acceptors (Lipinski definition) is 3. The zero-order valence-corrected chi connectivity index (χ0v) is 13.7. The molecule has 0 radical (unpaired) electrons. The second-order valence-electron chi connectivity index (χ2n) is 6.12. The first kappa shape index (κ1) is 18.2. The van der Waals surface area contributed by atoms with Gasteiger partial charge in [0.1, 0.15) is 0 Å². The van der Waals surface area contributed by atoms with Crippen LogP contribution in [0.3, 0.4) is 0 Å². The van der Waals surface area contributed by atoms with Crippen LogP contribution in [-0.2, 0) is 9.59 Å². The average molecular weight is 318 g/mol. The van der Waals surface area contributed by atoms with Crippen molar-refractivity contribution in [2.45, 2.75) is 51.5 Å². The number of hydrogen-bond donors (Lipinski definition) is 2. The summed E-state index contributed by atoms with van der Waals surface area (Å²) in [5, 5.41) is 6.43. The van der Waals surface area contributed by atoms with Gasteiger partial charge in [-0.25, -0.2) is 0 Å². The Kier molecular flexibility index (Phi) is 8.04. The highest BCUT2D eigenvalue weighted by Crippen LogP contribution is 2.13. The van der Waals surface area contributed by atoms with Crippen LogP contribution in [0.1, 0.15) is 45.4 Å². The van der Waals surface area contributed by atoms with Gasteiger partial charge in [-0.2, -0.15) is 0 Å². The molecule has 2 atom stereocenters. The lowest BCUT2D eigenvalue weighted by atomic mass is 9.95. The average Bonchev–Trinajstić information content (AvgIpc) is 2.41. The largest absolute Gasteiger partial charge is 0.351 e. The van der Waals surface area contributed by atoms with Crippen LogP contribution in [0.4, 0.5) is 0 Å². The van der Waals surface area contributed by atoms with E-state index in [9.17, 15) is 9.59 Å². The molecule has 122 valence electrons. The Morgan fingerprint density at radius 3 is 2.86 bits per heavy atom. The van der Waals surface area contributed by atoms with E-state index in [0.717, 1.165) is 51.7 Å². The lowest BCUT2D eigenvalue weighted by Gasteiger charge is -2.31. The van der Waals surface area contributed by atoms with Gasteiger partial charge in [0.15, 0.2) is 0 Å². The van der Waals surface area contributed by atoms with Crippen LogP contribution in [0.25, 0.3) is 0 Å². The van der Waals surface area contributed by atoms with E-state index in [1.54, 1.807) is 4.90 Å². The Hall–Kier alpha value is -0.810. The Balaban J connectivity index is 0.00000220. The molecule has 0 aromatic carbocycles. The molecule has 2 saturated heterocycles. The standard InChI is InChI=1S/C15H27N3O2.ClH/c1-12-10-16-8-7-13(12)17-14(19)11-18-9-5-3-2-4-6-15(18)20;/h12-13,16H,2-11H2,1H3,(H,17,19);1H. The van der Waals surface area contributed by atoms with E-state index in [-0.39, 0.29) is 36.8 Å². The molecule has 2 N–H and O–H groups in total. The van der Waals surface area contributed by atoms with Crippen molar-refractivity contribution in [3.63, 3.8) is 0 Å². The summed E-state index contributed by atoms with van der Waals surface area (Å²) in [5.41, 5.74) is 0. The molecule has 2 fully saturated rings. The minimum absolute atomic E-state index is 0. The van der Waals surface area contributed by atoms with Gasteiger partial charge < -0.3 is 15.5 Å². The maximum absolute atomic E-state index is 12.1. The quantitative estimate of drug-likeness (QED) is 0.825. The predicted octanol–water partition coefficient (Wildman–Crippen LogP) is 1.32. The van der Waals surface area contributed by atoms with Gasteiger partial charge in [-0.05, 0) is 38.3 Å². The summed E-state index contributed by atoms with van der Waals surface area (Å²) in [6.45, 7) is 5.02. The van der Waals surface area contributed by atoms with Gasteiger partial charge in [0.2, 0.25) is 11.8 Å². The first-order valence-electron chi connectivity index (χ1n) is 7.94. The Bertz CT molecular complexity index is 352. The van der Waals surface area contributed by atoms with Gasteiger partial charge in [0.05, 0.1) is 6.54 Å². The maximum Gasteiger partial charge on any atom is 0.239 e. The fourth-order valence-corrected chi connectivity index (χ4v) is 3.04. The van der Waals surface area contributed by atoms with Crippen molar-refractivity contribution in [3.05, 3.63) is 0 Å². The van der Waals surface area contributed by atoms with Crippen LogP contribution in [0, 0.1) is 5.92 Å². The van der Waals surface area contributed by atoms with Crippen LogP contribution in [0.2, 0.25) is 0 Å². The molecule has 2 aliphatic rings. The summed E-state index contributed by atoms with van der Waals surface area (Å²) in [4.78, 5) is 25.9. The molecule has 21 heavy (non-hydrogen) atoms. The summed E-state index contributed by atoms with van der Waals surface area (Å²) < 4.78 is 0. The number of nitrogens with zero attached hydrogens (tertiary/aromatic N) is 1. The zero-order chi connectivity index (χ0) is 14.4. The number of carbonyl (C=O) groups is 2. The number of carbonyl (C=O) groups excluding carboxylic acids is 2. The SMILES string of the molecule is CC1CNCCC1NC(=O)CN1CCCCCCC1=O.Cl. The Labute approximate surface area is 133 Å². The minimum Gasteiger partial charge on any atom is -0.351 e. The van der Waals surface area contributed by atoms with Crippen LogP contribution >= 0.6 is 12.4 Å². The molecule has 0 saturated carbocycles. The summed E-state index contributed by atoms with van der Waals surface area (Å²) in [7, 11) is 0. The molecule has 6 heteroatoms. The van der Waals surface area contributed by atoms with Crippen molar-refractivity contribution in [1.29, 1.82) is 0 Å². The molecule has 0 aromatic rings. The highest BCUT2D eigenvalue weighted by Gasteiger charge is 2.24. The van der Waals surface area contributed by atoms with Crippen molar-refractivity contribution in [2.24, 2.45) is 5.92 Å². The number of nitrogens with one attached hydrogen (secondary N) is 2. The second-order valence-corrected chi connectivity index (χ2v) is 6.12. The Morgan fingerprint density at radius 1 is 1.33 bits per heavy atom. The van der Waals surface area contributed by atoms with Gasteiger partial charge in [0, 0.05) is 19.0 Å². The number of piperidine rings is 1. The predicted molar refractivity (Wildman–Crippen MR) is 85.5 cm³/mol. The van der Waals surface area contributed by atoms with E-state index in [1.807, 2.05) is 0 Å². The van der Waals surface area contributed by atoms with E-state index in [1.165, 1.54) is 0 Å². The van der Waals surface area contributed by atoms with Crippen LogP contribution in [0.5, 0.6) is 0 Å². The molecular weight excluding hydrogens is 290 g/mol. The lowest BCUT2D eigenvalue weighted by Crippen LogP contribution is -2.51. The zero-order valence-electron chi connectivity index (χ0n) is 12.9. The van der Waals surface area contributed by atoms with Crippen molar-refractivity contribution in [3.8, 4) is 0 Å². The van der Waals surface area contributed by atoms with E-state index < -0.39 is 0 Å². The second kappa shape index (κ2) is 9.26. The topological polar surface area (TPSA) is 61.4 Å². The van der Waals surface area contributed by atoms with Crippen molar-refractivity contribution < 1.29 is 9.59 Å². The molecular formula is C15H28ClN3O2. The fourth-order valence-electron chi connectivity index (χ4n) is 3.04. The van der Waals surface area contributed by atoms with E-state index >= 15 is 0 Å². The van der Waals surface area contributed by atoms with E-state index in [0.29, 0.717) is 12.3 Å². The summed E-state index contributed by atoms with van der Waals surface area (Å²) in [6, 6.07) is 0.244. The monoisotopic (exact) mass is 317 g/mol. The van der Waals surface area contributed by atoms with E-state index in [4.69, 9.17) is 0 Å². The molecule has 5 nitrogen and oxygen atoms in total. The van der Waals surface area contributed by atoms with Crippen LogP contribution in [0.15, 0.2) is 0 Å². The third kappa shape index (κ3) is 5.83. The normalized spacial score (nSPS) is 27.3. The molecule has 2 rings (SSSR count). The molecule has 2 unspecified atom stereocenters. The van der Waals surface area contributed by atoms with Crippen LogP contribution in [-0.4, -0.2) is 48.9 Å². The van der Waals surface area contributed by atoms with Crippen molar-refractivity contribution >= 4 is 24.2 Å². The Morgan fingerprint density at radius 2 is 2.10 bits per heavy atom. The van der Waals surface area contributed by atoms with Crippen molar-refractivity contribution in [1.82, 2.24) is 15.5 Å². The molecule has 0 spiro atoms. The van der Waals surface area contributed by atoms with Gasteiger partial charge in [-0.1, -0.05) is 19.8 Å². The molecule has 2 heterocycles. The fraction of sp³-hybridized carbons (Fsp3) is 0.867. The summed E-state index contributed by atoms with van der Waals surface area (Å²) >= 11 is 0. The smallest absolute Gasteiger partial charge is 0.239 e. The third-order valence-corrected chi connectivity index (χ3v) is 4.39. The maximum atomic E-state index is 12.1. The highest BCUT2D eigenvalue weighted by molar-refractivity contribution is 5.85. The van der Waals surface area contributed by atoms with Crippen LogP contribution < -0.4 is 10.6 Å². The first-order valence-corrected chi connectivity index (χ1v) is 7.94. The summed E-state index contributed by atoms with van der Waals surface area (Å²) in [6.07, 6.45) is 5.85. The van der Waals surface area contributed by atoms with Gasteiger partial charge >= 0.3 is 0 Å². The molecule has 0 bridgehead atoms. The third-order valence-electron chi connectivity index (χ3n) is 4.39. The number of rotatable bonds is 3. The molecule has 2 amide bonds. The molecule has 0 aliphatic carbocycles. The first-order chi connectivity index (χ1) is 9.66. The number of likely N-dealkylation sites (tertiary alicyclic amines) is 1. The minimum atomic E-state index is -0.00215. The van der Waals surface area contributed by atoms with Gasteiger partial charge in [0.25, 0.3) is 0 Å². The number of halogens is 1. The summed E-state index contributed by atoms with van der Waals surface area (Å²) in [5.74, 6) is 0.589. The lowest BCUT2D eigenvalue weighted by molar-refractivity contribution is -0.137. The molecule has 0 aromatic heterocycles. The van der Waals surface area contributed by atoms with Gasteiger partial charge in [-0.3, -0.25) is 9.59 Å².